The highest BCUT2D eigenvalue weighted by atomic mass is 32.2. The SMILES string of the molecule is Cc1nn(C)c(C)c1S(=O)(=O)N1CC(C)NCc2ccccc21. The van der Waals surface area contributed by atoms with Gasteiger partial charge in [0.1, 0.15) is 4.90 Å². The monoisotopic (exact) mass is 334 g/mol. The summed E-state index contributed by atoms with van der Waals surface area (Å²) in [5.41, 5.74) is 2.92. The van der Waals surface area contributed by atoms with E-state index in [-0.39, 0.29) is 6.04 Å². The summed E-state index contributed by atoms with van der Waals surface area (Å²) in [5.74, 6) is 0. The van der Waals surface area contributed by atoms with Crippen molar-refractivity contribution in [3.05, 3.63) is 41.2 Å². The minimum atomic E-state index is -3.66. The fourth-order valence-corrected chi connectivity index (χ4v) is 5.06. The average Bonchev–Trinajstić information content (AvgIpc) is 2.67. The lowest BCUT2D eigenvalue weighted by molar-refractivity contribution is 0.555. The number of rotatable bonds is 2. The van der Waals surface area contributed by atoms with Gasteiger partial charge in [-0.2, -0.15) is 5.10 Å². The van der Waals surface area contributed by atoms with Crippen LogP contribution >= 0.6 is 0 Å². The standard InChI is InChI=1S/C16H22N4O2S/c1-11-10-20(15-8-6-5-7-14(15)9-17-11)23(21,22)16-12(2)18-19(4)13(16)3/h5-8,11,17H,9-10H2,1-4H3. The maximum atomic E-state index is 13.3. The molecule has 1 N–H and O–H groups in total. The summed E-state index contributed by atoms with van der Waals surface area (Å²) < 4.78 is 29.8. The zero-order valence-electron chi connectivity index (χ0n) is 13.9. The van der Waals surface area contributed by atoms with Gasteiger partial charge in [0.15, 0.2) is 0 Å². The summed E-state index contributed by atoms with van der Waals surface area (Å²) >= 11 is 0. The van der Waals surface area contributed by atoms with Crippen LogP contribution in [0.4, 0.5) is 5.69 Å². The maximum Gasteiger partial charge on any atom is 0.268 e. The molecule has 1 aromatic carbocycles. The number of anilines is 1. The minimum absolute atomic E-state index is 0.0643. The van der Waals surface area contributed by atoms with E-state index in [0.29, 0.717) is 29.4 Å². The van der Waals surface area contributed by atoms with Crippen molar-refractivity contribution in [1.82, 2.24) is 15.1 Å². The number of hydrogen-bond donors (Lipinski definition) is 1. The van der Waals surface area contributed by atoms with Crippen molar-refractivity contribution in [1.29, 1.82) is 0 Å². The van der Waals surface area contributed by atoms with Crippen molar-refractivity contribution < 1.29 is 8.42 Å². The van der Waals surface area contributed by atoms with E-state index in [1.807, 2.05) is 31.2 Å². The van der Waals surface area contributed by atoms with Gasteiger partial charge in [-0.3, -0.25) is 8.99 Å². The van der Waals surface area contributed by atoms with Crippen LogP contribution in [0.25, 0.3) is 0 Å². The normalized spacial score (nSPS) is 18.6. The predicted molar refractivity (Wildman–Crippen MR) is 90.0 cm³/mol. The number of nitrogens with one attached hydrogen (secondary N) is 1. The fourth-order valence-electron chi connectivity index (χ4n) is 3.06. The lowest BCUT2D eigenvalue weighted by Gasteiger charge is -2.26. The molecule has 1 aliphatic heterocycles. The molecule has 0 amide bonds. The van der Waals surface area contributed by atoms with Crippen LogP contribution in [0.1, 0.15) is 23.9 Å². The molecule has 0 saturated heterocycles. The molecule has 0 saturated carbocycles. The lowest BCUT2D eigenvalue weighted by atomic mass is 10.2. The van der Waals surface area contributed by atoms with Gasteiger partial charge in [-0.05, 0) is 32.4 Å². The Balaban J connectivity index is 2.19. The van der Waals surface area contributed by atoms with E-state index < -0.39 is 10.0 Å². The summed E-state index contributed by atoms with van der Waals surface area (Å²) in [6.07, 6.45) is 0. The molecule has 0 radical (unpaired) electrons. The lowest BCUT2D eigenvalue weighted by Crippen LogP contribution is -2.40. The van der Waals surface area contributed by atoms with E-state index in [0.717, 1.165) is 11.3 Å². The van der Waals surface area contributed by atoms with Crippen LogP contribution in [0.15, 0.2) is 29.2 Å². The molecule has 0 bridgehead atoms. The maximum absolute atomic E-state index is 13.3. The topological polar surface area (TPSA) is 67.2 Å². The quantitative estimate of drug-likeness (QED) is 0.908. The molecule has 6 nitrogen and oxygen atoms in total. The number of hydrogen-bond acceptors (Lipinski definition) is 4. The molecule has 2 aromatic rings. The van der Waals surface area contributed by atoms with Gasteiger partial charge in [-0.15, -0.1) is 0 Å². The van der Waals surface area contributed by atoms with E-state index in [2.05, 4.69) is 10.4 Å². The third-order valence-electron chi connectivity index (χ3n) is 4.33. The fraction of sp³-hybridized carbons (Fsp3) is 0.438. The molecule has 1 aliphatic rings. The Bertz CT molecular complexity index is 842. The van der Waals surface area contributed by atoms with Crippen LogP contribution in [-0.4, -0.2) is 30.8 Å². The van der Waals surface area contributed by atoms with Crippen molar-refractivity contribution in [3.8, 4) is 0 Å². The van der Waals surface area contributed by atoms with Gasteiger partial charge in [0.2, 0.25) is 0 Å². The van der Waals surface area contributed by atoms with Crippen molar-refractivity contribution in [2.75, 3.05) is 10.8 Å². The molecule has 1 atom stereocenters. The Kier molecular flexibility index (Phi) is 3.93. The highest BCUT2D eigenvalue weighted by molar-refractivity contribution is 7.93. The second-order valence-corrected chi connectivity index (χ2v) is 7.87. The summed E-state index contributed by atoms with van der Waals surface area (Å²) in [7, 11) is -1.90. The molecular formula is C16H22N4O2S. The molecule has 7 heteroatoms. The number of aromatic nitrogens is 2. The van der Waals surface area contributed by atoms with Gasteiger partial charge in [-0.25, -0.2) is 8.42 Å². The first-order valence-electron chi connectivity index (χ1n) is 7.66. The Labute approximate surface area is 137 Å². The van der Waals surface area contributed by atoms with Crippen LogP contribution in [0.2, 0.25) is 0 Å². The molecule has 0 aliphatic carbocycles. The largest absolute Gasteiger partial charge is 0.308 e. The van der Waals surface area contributed by atoms with E-state index in [4.69, 9.17) is 0 Å². The predicted octanol–water partition coefficient (Wildman–Crippen LogP) is 1.72. The minimum Gasteiger partial charge on any atom is -0.308 e. The van der Waals surface area contributed by atoms with Gasteiger partial charge >= 0.3 is 0 Å². The van der Waals surface area contributed by atoms with E-state index in [1.165, 1.54) is 4.31 Å². The Hall–Kier alpha value is -1.86. The molecule has 2 heterocycles. The molecule has 1 unspecified atom stereocenters. The number of para-hydroxylation sites is 1. The van der Waals surface area contributed by atoms with Gasteiger partial charge < -0.3 is 5.32 Å². The number of aryl methyl sites for hydroxylation is 2. The second-order valence-electron chi connectivity index (χ2n) is 6.07. The van der Waals surface area contributed by atoms with E-state index in [1.54, 1.807) is 25.6 Å². The van der Waals surface area contributed by atoms with Crippen molar-refractivity contribution in [3.63, 3.8) is 0 Å². The Morgan fingerprint density at radius 2 is 1.96 bits per heavy atom. The molecule has 3 rings (SSSR count). The van der Waals surface area contributed by atoms with Crippen LogP contribution in [0.3, 0.4) is 0 Å². The molecular weight excluding hydrogens is 312 g/mol. The van der Waals surface area contributed by atoms with Crippen LogP contribution in [0.5, 0.6) is 0 Å². The number of sulfonamides is 1. The summed E-state index contributed by atoms with van der Waals surface area (Å²) in [5, 5.41) is 7.63. The second kappa shape index (κ2) is 5.65. The smallest absolute Gasteiger partial charge is 0.268 e. The Morgan fingerprint density at radius 3 is 2.61 bits per heavy atom. The molecule has 1 aromatic heterocycles. The van der Waals surface area contributed by atoms with E-state index >= 15 is 0 Å². The van der Waals surface area contributed by atoms with Gasteiger partial charge in [0.05, 0.1) is 17.1 Å². The number of nitrogens with zero attached hydrogens (tertiary/aromatic N) is 3. The van der Waals surface area contributed by atoms with Crippen LogP contribution in [-0.2, 0) is 23.6 Å². The third kappa shape index (κ3) is 2.64. The van der Waals surface area contributed by atoms with Crippen molar-refractivity contribution in [2.45, 2.75) is 38.3 Å². The number of fused-ring (bicyclic) bond motifs is 1. The van der Waals surface area contributed by atoms with Crippen LogP contribution < -0.4 is 9.62 Å². The summed E-state index contributed by atoms with van der Waals surface area (Å²) in [6.45, 7) is 6.59. The van der Waals surface area contributed by atoms with Crippen molar-refractivity contribution in [2.24, 2.45) is 7.05 Å². The first kappa shape index (κ1) is 16.0. The zero-order valence-corrected chi connectivity index (χ0v) is 14.7. The molecule has 124 valence electrons. The van der Waals surface area contributed by atoms with Gasteiger partial charge in [-0.1, -0.05) is 18.2 Å². The average molecular weight is 334 g/mol. The van der Waals surface area contributed by atoms with Gasteiger partial charge in [0, 0.05) is 26.2 Å². The number of benzene rings is 1. The highest BCUT2D eigenvalue weighted by Crippen LogP contribution is 2.31. The van der Waals surface area contributed by atoms with Crippen molar-refractivity contribution >= 4 is 15.7 Å². The molecule has 0 fully saturated rings. The molecule has 23 heavy (non-hydrogen) atoms. The van der Waals surface area contributed by atoms with Gasteiger partial charge in [0.25, 0.3) is 10.0 Å². The first-order valence-corrected chi connectivity index (χ1v) is 9.10. The summed E-state index contributed by atoms with van der Waals surface area (Å²) in [4.78, 5) is 0.309. The molecule has 0 spiro atoms. The zero-order chi connectivity index (χ0) is 16.8. The first-order chi connectivity index (χ1) is 10.8. The third-order valence-corrected chi connectivity index (χ3v) is 6.36. The highest BCUT2D eigenvalue weighted by Gasteiger charge is 2.34. The van der Waals surface area contributed by atoms with E-state index in [9.17, 15) is 8.42 Å². The van der Waals surface area contributed by atoms with Crippen LogP contribution in [0, 0.1) is 13.8 Å². The summed E-state index contributed by atoms with van der Waals surface area (Å²) in [6, 6.07) is 7.70. The Morgan fingerprint density at radius 1 is 1.26 bits per heavy atom.